The first kappa shape index (κ1) is 9.83. The highest BCUT2D eigenvalue weighted by Crippen LogP contribution is 2.22. The Morgan fingerprint density at radius 2 is 2.20 bits per heavy atom. The van der Waals surface area contributed by atoms with E-state index < -0.39 is 0 Å². The lowest BCUT2D eigenvalue weighted by molar-refractivity contribution is 0.0951. The monoisotopic (exact) mass is 205 g/mol. The van der Waals surface area contributed by atoms with Gasteiger partial charge in [0.15, 0.2) is 0 Å². The molecule has 0 atom stereocenters. The number of anilines is 2. The van der Waals surface area contributed by atoms with Crippen LogP contribution in [0.3, 0.4) is 0 Å². The third-order valence-corrected chi connectivity index (χ3v) is 2.50. The fourth-order valence-corrected chi connectivity index (χ4v) is 1.43. The Bertz CT molecular complexity index is 385. The van der Waals surface area contributed by atoms with Crippen LogP contribution in [0.25, 0.3) is 0 Å². The highest BCUT2D eigenvalue weighted by Gasteiger charge is 2.23. The molecule has 0 heterocycles. The summed E-state index contributed by atoms with van der Waals surface area (Å²) < 4.78 is 0. The number of carbonyl (C=O) groups excluding carboxylic acids is 1. The molecule has 4 heteroatoms. The maximum atomic E-state index is 11.7. The molecular formula is C11H15N3O. The fraction of sp³-hybridized carbons (Fsp3) is 0.364. The van der Waals surface area contributed by atoms with Gasteiger partial charge < -0.3 is 16.4 Å². The van der Waals surface area contributed by atoms with Crippen LogP contribution in [0.4, 0.5) is 11.4 Å². The number of hydrogen-bond donors (Lipinski definition) is 3. The largest absolute Gasteiger partial charge is 0.397 e. The van der Waals surface area contributed by atoms with Crippen molar-refractivity contribution in [2.24, 2.45) is 0 Å². The molecule has 1 aliphatic rings. The van der Waals surface area contributed by atoms with Crippen LogP contribution in [0.15, 0.2) is 18.2 Å². The van der Waals surface area contributed by atoms with Gasteiger partial charge in [0.25, 0.3) is 5.91 Å². The lowest BCUT2D eigenvalue weighted by Crippen LogP contribution is -2.25. The summed E-state index contributed by atoms with van der Waals surface area (Å²) in [5.41, 5.74) is 7.84. The Balaban J connectivity index is 2.13. The van der Waals surface area contributed by atoms with Gasteiger partial charge in [0, 0.05) is 18.7 Å². The Morgan fingerprint density at radius 1 is 1.47 bits per heavy atom. The lowest BCUT2D eigenvalue weighted by Gasteiger charge is -2.07. The minimum atomic E-state index is -0.0353. The van der Waals surface area contributed by atoms with Crippen molar-refractivity contribution in [2.45, 2.75) is 18.9 Å². The second kappa shape index (κ2) is 3.81. The number of hydrogen-bond acceptors (Lipinski definition) is 3. The summed E-state index contributed by atoms with van der Waals surface area (Å²) in [4.78, 5) is 11.7. The van der Waals surface area contributed by atoms with Crippen LogP contribution in [-0.2, 0) is 0 Å². The third kappa shape index (κ3) is 2.21. The highest BCUT2D eigenvalue weighted by molar-refractivity contribution is 5.96. The minimum Gasteiger partial charge on any atom is -0.397 e. The van der Waals surface area contributed by atoms with Crippen LogP contribution in [0.5, 0.6) is 0 Å². The zero-order valence-electron chi connectivity index (χ0n) is 8.71. The quantitative estimate of drug-likeness (QED) is 0.649. The zero-order chi connectivity index (χ0) is 10.8. The van der Waals surface area contributed by atoms with E-state index in [0.717, 1.165) is 18.5 Å². The summed E-state index contributed by atoms with van der Waals surface area (Å²) >= 11 is 0. The van der Waals surface area contributed by atoms with E-state index in [2.05, 4.69) is 10.6 Å². The smallest absolute Gasteiger partial charge is 0.251 e. The molecule has 0 saturated heterocycles. The maximum Gasteiger partial charge on any atom is 0.251 e. The van der Waals surface area contributed by atoms with E-state index in [0.29, 0.717) is 17.3 Å². The molecular weight excluding hydrogens is 190 g/mol. The Hall–Kier alpha value is -1.71. The van der Waals surface area contributed by atoms with Crippen molar-refractivity contribution in [3.8, 4) is 0 Å². The standard InChI is InChI=1S/C11H15N3O/c1-13-10-5-2-7(6-9(10)12)11(15)14-8-3-4-8/h2,5-6,8,13H,3-4,12H2,1H3,(H,14,15). The molecule has 0 radical (unpaired) electrons. The van der Waals surface area contributed by atoms with Gasteiger partial charge in [-0.15, -0.1) is 0 Å². The normalized spacial score (nSPS) is 14.7. The second-order valence-electron chi connectivity index (χ2n) is 3.80. The number of nitrogens with one attached hydrogen (secondary N) is 2. The van der Waals surface area contributed by atoms with Crippen LogP contribution in [0.1, 0.15) is 23.2 Å². The zero-order valence-corrected chi connectivity index (χ0v) is 8.71. The summed E-state index contributed by atoms with van der Waals surface area (Å²) in [6, 6.07) is 5.67. The number of nitrogens with two attached hydrogens (primary N) is 1. The van der Waals surface area contributed by atoms with Crippen molar-refractivity contribution < 1.29 is 4.79 Å². The summed E-state index contributed by atoms with van der Waals surface area (Å²) in [5.74, 6) is -0.0353. The molecule has 1 aliphatic carbocycles. The number of nitrogen functional groups attached to an aromatic ring is 1. The molecule has 4 N–H and O–H groups in total. The predicted octanol–water partition coefficient (Wildman–Crippen LogP) is 1.20. The first-order valence-corrected chi connectivity index (χ1v) is 5.09. The SMILES string of the molecule is CNc1ccc(C(=O)NC2CC2)cc1N. The van der Waals surface area contributed by atoms with E-state index in [-0.39, 0.29) is 5.91 Å². The highest BCUT2D eigenvalue weighted by atomic mass is 16.1. The van der Waals surface area contributed by atoms with Crippen molar-refractivity contribution in [1.82, 2.24) is 5.32 Å². The van der Waals surface area contributed by atoms with Crippen molar-refractivity contribution in [3.05, 3.63) is 23.8 Å². The minimum absolute atomic E-state index is 0.0353. The Kier molecular flexibility index (Phi) is 2.49. The summed E-state index contributed by atoms with van der Waals surface area (Å²) in [6.45, 7) is 0. The molecule has 0 aliphatic heterocycles. The Labute approximate surface area is 88.9 Å². The average Bonchev–Trinajstić information content (AvgIpc) is 3.01. The van der Waals surface area contributed by atoms with Crippen molar-refractivity contribution in [2.75, 3.05) is 18.1 Å². The molecule has 80 valence electrons. The second-order valence-corrected chi connectivity index (χ2v) is 3.80. The third-order valence-electron chi connectivity index (χ3n) is 2.50. The van der Waals surface area contributed by atoms with E-state index in [1.54, 1.807) is 19.2 Å². The number of rotatable bonds is 3. The van der Waals surface area contributed by atoms with Gasteiger partial charge in [-0.2, -0.15) is 0 Å². The van der Waals surface area contributed by atoms with Crippen LogP contribution in [-0.4, -0.2) is 19.0 Å². The average molecular weight is 205 g/mol. The first-order chi connectivity index (χ1) is 7.20. The molecule has 1 saturated carbocycles. The molecule has 15 heavy (non-hydrogen) atoms. The summed E-state index contributed by atoms with van der Waals surface area (Å²) in [5, 5.41) is 5.88. The molecule has 0 aromatic heterocycles. The van der Waals surface area contributed by atoms with Crippen LogP contribution >= 0.6 is 0 Å². The molecule has 1 amide bonds. The van der Waals surface area contributed by atoms with Crippen LogP contribution < -0.4 is 16.4 Å². The van der Waals surface area contributed by atoms with Crippen molar-refractivity contribution >= 4 is 17.3 Å². The van der Waals surface area contributed by atoms with Crippen LogP contribution in [0, 0.1) is 0 Å². The van der Waals surface area contributed by atoms with Crippen molar-refractivity contribution in [1.29, 1.82) is 0 Å². The van der Waals surface area contributed by atoms with Gasteiger partial charge in [0.2, 0.25) is 0 Å². The molecule has 1 aromatic carbocycles. The van der Waals surface area contributed by atoms with Gasteiger partial charge in [0.1, 0.15) is 0 Å². The maximum absolute atomic E-state index is 11.7. The Morgan fingerprint density at radius 3 is 2.73 bits per heavy atom. The topological polar surface area (TPSA) is 67.2 Å². The fourth-order valence-electron chi connectivity index (χ4n) is 1.43. The lowest BCUT2D eigenvalue weighted by atomic mass is 10.1. The van der Waals surface area contributed by atoms with Gasteiger partial charge >= 0.3 is 0 Å². The summed E-state index contributed by atoms with van der Waals surface area (Å²) in [6.07, 6.45) is 2.19. The molecule has 4 nitrogen and oxygen atoms in total. The van der Waals surface area contributed by atoms with Gasteiger partial charge in [0.05, 0.1) is 11.4 Å². The van der Waals surface area contributed by atoms with E-state index >= 15 is 0 Å². The van der Waals surface area contributed by atoms with Gasteiger partial charge in [-0.3, -0.25) is 4.79 Å². The molecule has 0 bridgehead atoms. The van der Waals surface area contributed by atoms with Crippen molar-refractivity contribution in [3.63, 3.8) is 0 Å². The van der Waals surface area contributed by atoms with Gasteiger partial charge in [-0.05, 0) is 31.0 Å². The van der Waals surface area contributed by atoms with E-state index in [1.807, 2.05) is 6.07 Å². The molecule has 0 spiro atoms. The molecule has 1 aromatic rings. The van der Waals surface area contributed by atoms with E-state index in [9.17, 15) is 4.79 Å². The summed E-state index contributed by atoms with van der Waals surface area (Å²) in [7, 11) is 1.80. The molecule has 0 unspecified atom stereocenters. The first-order valence-electron chi connectivity index (χ1n) is 5.09. The van der Waals surface area contributed by atoms with E-state index in [4.69, 9.17) is 5.73 Å². The number of benzene rings is 1. The molecule has 1 fully saturated rings. The molecule has 2 rings (SSSR count). The predicted molar refractivity (Wildman–Crippen MR) is 60.9 cm³/mol. The van der Waals surface area contributed by atoms with Crippen LogP contribution in [0.2, 0.25) is 0 Å². The number of carbonyl (C=O) groups is 1. The number of amides is 1. The van der Waals surface area contributed by atoms with E-state index in [1.165, 1.54) is 0 Å². The van der Waals surface area contributed by atoms with Gasteiger partial charge in [-0.25, -0.2) is 0 Å². The van der Waals surface area contributed by atoms with Gasteiger partial charge in [-0.1, -0.05) is 0 Å².